The predicted molar refractivity (Wildman–Crippen MR) is 67.6 cm³/mol. The molecule has 2 heteroatoms. The van der Waals surface area contributed by atoms with Gasteiger partial charge in [0.1, 0.15) is 0 Å². The second-order valence-electron chi connectivity index (χ2n) is 6.41. The molecule has 0 atom stereocenters. The van der Waals surface area contributed by atoms with E-state index in [4.69, 9.17) is 0 Å². The molecule has 0 aromatic rings. The van der Waals surface area contributed by atoms with Gasteiger partial charge in [0.25, 0.3) is 0 Å². The van der Waals surface area contributed by atoms with Gasteiger partial charge in [-0.3, -0.25) is 4.90 Å². The van der Waals surface area contributed by atoms with Crippen LogP contribution in [-0.2, 0) is 0 Å². The summed E-state index contributed by atoms with van der Waals surface area (Å²) < 4.78 is 0. The van der Waals surface area contributed by atoms with Crippen molar-refractivity contribution in [2.45, 2.75) is 63.5 Å². The van der Waals surface area contributed by atoms with Crippen molar-refractivity contribution in [3.63, 3.8) is 0 Å². The van der Waals surface area contributed by atoms with Crippen LogP contribution in [0.3, 0.4) is 0 Å². The van der Waals surface area contributed by atoms with Gasteiger partial charge < -0.3 is 5.32 Å². The van der Waals surface area contributed by atoms with Crippen molar-refractivity contribution >= 4 is 0 Å². The minimum absolute atomic E-state index is 0.792. The van der Waals surface area contributed by atoms with Crippen LogP contribution in [0, 0.1) is 5.41 Å². The highest BCUT2D eigenvalue weighted by molar-refractivity contribution is 5.00. The van der Waals surface area contributed by atoms with Crippen LogP contribution in [0.15, 0.2) is 0 Å². The Labute approximate surface area is 99.8 Å². The number of hydrogen-bond donors (Lipinski definition) is 1. The molecule has 0 aromatic heterocycles. The lowest BCUT2D eigenvalue weighted by molar-refractivity contribution is -0.0387. The SMILES string of the molecule is CNC1CCC(N2CC3(CCCC3)C2)CC1. The van der Waals surface area contributed by atoms with Gasteiger partial charge in [-0.25, -0.2) is 0 Å². The van der Waals surface area contributed by atoms with Gasteiger partial charge in [-0.05, 0) is 51.0 Å². The fourth-order valence-electron chi connectivity index (χ4n) is 4.24. The van der Waals surface area contributed by atoms with Crippen LogP contribution >= 0.6 is 0 Å². The van der Waals surface area contributed by atoms with Crippen LogP contribution in [-0.4, -0.2) is 37.1 Å². The van der Waals surface area contributed by atoms with Crippen molar-refractivity contribution in [1.29, 1.82) is 0 Å². The van der Waals surface area contributed by atoms with Crippen molar-refractivity contribution in [3.05, 3.63) is 0 Å². The second-order valence-corrected chi connectivity index (χ2v) is 6.41. The van der Waals surface area contributed by atoms with Crippen molar-refractivity contribution < 1.29 is 0 Å². The maximum absolute atomic E-state index is 3.43. The van der Waals surface area contributed by atoms with Gasteiger partial charge in [-0.15, -0.1) is 0 Å². The molecule has 3 fully saturated rings. The molecule has 1 heterocycles. The topological polar surface area (TPSA) is 15.3 Å². The Morgan fingerprint density at radius 2 is 1.62 bits per heavy atom. The fourth-order valence-corrected chi connectivity index (χ4v) is 4.24. The third kappa shape index (κ3) is 1.91. The summed E-state index contributed by atoms with van der Waals surface area (Å²) in [4.78, 5) is 2.79. The van der Waals surface area contributed by atoms with Gasteiger partial charge in [-0.1, -0.05) is 12.8 Å². The Balaban J connectivity index is 1.47. The zero-order valence-electron chi connectivity index (χ0n) is 10.7. The average molecular weight is 222 g/mol. The van der Waals surface area contributed by atoms with Crippen LogP contribution in [0.2, 0.25) is 0 Å². The van der Waals surface area contributed by atoms with E-state index in [1.54, 1.807) is 0 Å². The first-order valence-electron chi connectivity index (χ1n) is 7.23. The first-order chi connectivity index (χ1) is 7.81. The molecule has 92 valence electrons. The summed E-state index contributed by atoms with van der Waals surface area (Å²) in [5.41, 5.74) is 0.792. The summed E-state index contributed by atoms with van der Waals surface area (Å²) in [5.74, 6) is 0. The summed E-state index contributed by atoms with van der Waals surface area (Å²) in [6, 6.07) is 1.73. The maximum Gasteiger partial charge on any atom is 0.00968 e. The molecular weight excluding hydrogens is 196 g/mol. The quantitative estimate of drug-likeness (QED) is 0.772. The number of rotatable bonds is 2. The standard InChI is InChI=1S/C14H26N2/c1-15-12-4-6-13(7-5-12)16-10-14(11-16)8-2-3-9-14/h12-13,15H,2-11H2,1H3. The first-order valence-corrected chi connectivity index (χ1v) is 7.23. The maximum atomic E-state index is 3.43. The molecule has 1 N–H and O–H groups in total. The minimum atomic E-state index is 0.792. The van der Waals surface area contributed by atoms with Gasteiger partial charge in [0.2, 0.25) is 0 Å². The highest BCUT2D eigenvalue weighted by Gasteiger charge is 2.46. The van der Waals surface area contributed by atoms with E-state index in [2.05, 4.69) is 17.3 Å². The van der Waals surface area contributed by atoms with Gasteiger partial charge in [0.15, 0.2) is 0 Å². The van der Waals surface area contributed by atoms with E-state index in [0.717, 1.165) is 17.5 Å². The lowest BCUT2D eigenvalue weighted by atomic mass is 9.75. The Hall–Kier alpha value is -0.0800. The summed E-state index contributed by atoms with van der Waals surface area (Å²) >= 11 is 0. The predicted octanol–water partition coefficient (Wildman–Crippen LogP) is 2.39. The van der Waals surface area contributed by atoms with Crippen LogP contribution < -0.4 is 5.32 Å². The molecule has 0 unspecified atom stereocenters. The van der Waals surface area contributed by atoms with Crippen molar-refractivity contribution in [3.8, 4) is 0 Å². The summed E-state index contributed by atoms with van der Waals surface area (Å²) in [5, 5.41) is 3.43. The van der Waals surface area contributed by atoms with E-state index in [0.29, 0.717) is 0 Å². The summed E-state index contributed by atoms with van der Waals surface area (Å²) in [6.07, 6.45) is 11.7. The summed E-state index contributed by atoms with van der Waals surface area (Å²) in [7, 11) is 2.11. The molecule has 2 saturated carbocycles. The van der Waals surface area contributed by atoms with Crippen molar-refractivity contribution in [1.82, 2.24) is 10.2 Å². The molecule has 1 saturated heterocycles. The molecule has 0 aromatic carbocycles. The molecule has 3 aliphatic rings. The number of hydrogen-bond acceptors (Lipinski definition) is 2. The largest absolute Gasteiger partial charge is 0.317 e. The van der Waals surface area contributed by atoms with Gasteiger partial charge >= 0.3 is 0 Å². The van der Waals surface area contributed by atoms with Crippen LogP contribution in [0.5, 0.6) is 0 Å². The lowest BCUT2D eigenvalue weighted by Crippen LogP contribution is -2.59. The Kier molecular flexibility index (Phi) is 2.97. The highest BCUT2D eigenvalue weighted by Crippen LogP contribution is 2.47. The molecule has 1 spiro atoms. The van der Waals surface area contributed by atoms with Gasteiger partial charge in [-0.2, -0.15) is 0 Å². The van der Waals surface area contributed by atoms with Gasteiger partial charge in [0.05, 0.1) is 0 Å². The average Bonchev–Trinajstić information content (AvgIpc) is 2.76. The first kappa shape index (κ1) is 11.0. The minimum Gasteiger partial charge on any atom is -0.317 e. The van der Waals surface area contributed by atoms with Crippen LogP contribution in [0.4, 0.5) is 0 Å². The van der Waals surface area contributed by atoms with Crippen molar-refractivity contribution in [2.75, 3.05) is 20.1 Å². The van der Waals surface area contributed by atoms with E-state index < -0.39 is 0 Å². The molecule has 0 amide bonds. The van der Waals surface area contributed by atoms with E-state index in [1.807, 2.05) is 0 Å². The third-order valence-electron chi connectivity index (χ3n) is 5.36. The molecule has 3 rings (SSSR count). The Bertz CT molecular complexity index is 229. The normalized spacial score (nSPS) is 38.8. The smallest absolute Gasteiger partial charge is 0.00968 e. The lowest BCUT2D eigenvalue weighted by Gasteiger charge is -2.53. The zero-order chi connectivity index (χ0) is 11.0. The monoisotopic (exact) mass is 222 g/mol. The van der Waals surface area contributed by atoms with E-state index >= 15 is 0 Å². The Morgan fingerprint density at radius 1 is 1.00 bits per heavy atom. The molecule has 0 bridgehead atoms. The number of likely N-dealkylation sites (tertiary alicyclic amines) is 1. The summed E-state index contributed by atoms with van der Waals surface area (Å²) in [6.45, 7) is 2.86. The van der Waals surface area contributed by atoms with Crippen molar-refractivity contribution in [2.24, 2.45) is 5.41 Å². The number of nitrogens with one attached hydrogen (secondary N) is 1. The molecule has 2 nitrogen and oxygen atoms in total. The van der Waals surface area contributed by atoms with Crippen LogP contribution in [0.25, 0.3) is 0 Å². The molecule has 16 heavy (non-hydrogen) atoms. The third-order valence-corrected chi connectivity index (χ3v) is 5.36. The Morgan fingerprint density at radius 3 is 2.19 bits per heavy atom. The van der Waals surface area contributed by atoms with E-state index in [-0.39, 0.29) is 0 Å². The zero-order valence-corrected chi connectivity index (χ0v) is 10.7. The molecule has 2 aliphatic carbocycles. The number of nitrogens with zero attached hydrogens (tertiary/aromatic N) is 1. The molecule has 0 radical (unpaired) electrons. The highest BCUT2D eigenvalue weighted by atomic mass is 15.2. The molecular formula is C14H26N2. The second kappa shape index (κ2) is 4.30. The van der Waals surface area contributed by atoms with E-state index in [1.165, 1.54) is 64.5 Å². The fraction of sp³-hybridized carbons (Fsp3) is 1.00. The van der Waals surface area contributed by atoms with Gasteiger partial charge in [0, 0.05) is 25.2 Å². The van der Waals surface area contributed by atoms with E-state index in [9.17, 15) is 0 Å². The van der Waals surface area contributed by atoms with Crippen LogP contribution in [0.1, 0.15) is 51.4 Å². The molecule has 1 aliphatic heterocycles.